The van der Waals surface area contributed by atoms with Gasteiger partial charge in [-0.3, -0.25) is 0 Å². The number of hydrogen-bond acceptors (Lipinski definition) is 2. The smallest absolute Gasteiger partial charge is 0.0626 e. The maximum absolute atomic E-state index is 5.59. The lowest BCUT2D eigenvalue weighted by Crippen LogP contribution is -2.22. The summed E-state index contributed by atoms with van der Waals surface area (Å²) >= 11 is 1.98. The molecule has 2 heteroatoms. The van der Waals surface area contributed by atoms with Crippen molar-refractivity contribution in [1.29, 1.82) is 0 Å². The van der Waals surface area contributed by atoms with E-state index in [9.17, 15) is 0 Å². The van der Waals surface area contributed by atoms with Gasteiger partial charge in [-0.25, -0.2) is 0 Å². The highest BCUT2D eigenvalue weighted by Crippen LogP contribution is 2.22. The zero-order valence-corrected chi connectivity index (χ0v) is 11.9. The third-order valence-corrected chi connectivity index (χ3v) is 4.14. The minimum atomic E-state index is 0.163. The van der Waals surface area contributed by atoms with Crippen molar-refractivity contribution >= 4 is 11.8 Å². The first-order valence-electron chi connectivity index (χ1n) is 6.54. The van der Waals surface area contributed by atoms with Gasteiger partial charge in [0.2, 0.25) is 0 Å². The SMILES string of the molecule is CC1(C)CCCCCO1.CC1=CCCCS1. The van der Waals surface area contributed by atoms with Crippen molar-refractivity contribution in [3.05, 3.63) is 11.0 Å². The standard InChI is InChI=1S/C8H16O.C6H10S/c1-8(2)6-4-3-5-7-9-8;1-6-4-2-3-5-7-6/h3-7H2,1-2H3;4H,2-3,5H2,1H3. The Morgan fingerprint density at radius 2 is 2.00 bits per heavy atom. The highest BCUT2D eigenvalue weighted by atomic mass is 32.2. The van der Waals surface area contributed by atoms with E-state index in [1.165, 1.54) is 49.2 Å². The topological polar surface area (TPSA) is 9.23 Å². The first-order valence-corrected chi connectivity index (χ1v) is 7.52. The molecule has 0 saturated carbocycles. The van der Waals surface area contributed by atoms with E-state index >= 15 is 0 Å². The third-order valence-electron chi connectivity index (χ3n) is 3.03. The Hall–Kier alpha value is 0.0500. The number of ether oxygens (including phenoxy) is 1. The van der Waals surface area contributed by atoms with Gasteiger partial charge in [0.1, 0.15) is 0 Å². The average Bonchev–Trinajstić information content (AvgIpc) is 2.44. The summed E-state index contributed by atoms with van der Waals surface area (Å²) in [5, 5.41) is 0. The van der Waals surface area contributed by atoms with Crippen molar-refractivity contribution in [2.24, 2.45) is 0 Å². The second-order valence-electron chi connectivity index (χ2n) is 5.22. The molecule has 0 bridgehead atoms. The van der Waals surface area contributed by atoms with Gasteiger partial charge >= 0.3 is 0 Å². The fraction of sp³-hybridized carbons (Fsp3) is 0.857. The van der Waals surface area contributed by atoms with Crippen LogP contribution < -0.4 is 0 Å². The Morgan fingerprint density at radius 1 is 1.19 bits per heavy atom. The first kappa shape index (κ1) is 14.1. The molecule has 2 rings (SSSR count). The molecule has 0 atom stereocenters. The molecule has 0 N–H and O–H groups in total. The summed E-state index contributed by atoms with van der Waals surface area (Å²) in [5.41, 5.74) is 0.163. The summed E-state index contributed by atoms with van der Waals surface area (Å²) < 4.78 is 5.59. The van der Waals surface area contributed by atoms with Crippen molar-refractivity contribution in [2.75, 3.05) is 12.4 Å². The second kappa shape index (κ2) is 7.39. The third kappa shape index (κ3) is 6.59. The molecule has 0 unspecified atom stereocenters. The van der Waals surface area contributed by atoms with Gasteiger partial charge < -0.3 is 4.74 Å². The molecule has 1 nitrogen and oxygen atoms in total. The average molecular weight is 242 g/mol. The number of rotatable bonds is 0. The molecule has 0 aromatic rings. The Balaban J connectivity index is 0.000000165. The fourth-order valence-electron chi connectivity index (χ4n) is 1.93. The molecule has 1 saturated heterocycles. The van der Waals surface area contributed by atoms with Crippen molar-refractivity contribution in [3.8, 4) is 0 Å². The molecular formula is C14H26OS. The Kier molecular flexibility index (Phi) is 6.52. The first-order chi connectivity index (χ1) is 7.60. The van der Waals surface area contributed by atoms with Crippen LogP contribution in [0.5, 0.6) is 0 Å². The lowest BCUT2D eigenvalue weighted by Gasteiger charge is -2.21. The summed E-state index contributed by atoms with van der Waals surface area (Å²) in [7, 11) is 0. The van der Waals surface area contributed by atoms with Gasteiger partial charge in [-0.05, 0) is 57.1 Å². The lowest BCUT2D eigenvalue weighted by molar-refractivity contribution is -0.0130. The van der Waals surface area contributed by atoms with Gasteiger partial charge in [-0.15, -0.1) is 11.8 Å². The molecule has 0 amide bonds. The molecule has 1 fully saturated rings. The van der Waals surface area contributed by atoms with Crippen LogP contribution in [0.1, 0.15) is 59.3 Å². The Morgan fingerprint density at radius 3 is 2.56 bits per heavy atom. The number of allylic oxidation sites excluding steroid dienone is 2. The monoisotopic (exact) mass is 242 g/mol. The van der Waals surface area contributed by atoms with Gasteiger partial charge in [0.25, 0.3) is 0 Å². The van der Waals surface area contributed by atoms with Gasteiger partial charge in [0, 0.05) is 6.61 Å². The van der Waals surface area contributed by atoms with Gasteiger partial charge in [0.05, 0.1) is 5.60 Å². The van der Waals surface area contributed by atoms with Crippen molar-refractivity contribution < 1.29 is 4.74 Å². The van der Waals surface area contributed by atoms with Crippen LogP contribution in [0.25, 0.3) is 0 Å². The molecule has 0 spiro atoms. The lowest BCUT2D eigenvalue weighted by atomic mass is 10.0. The van der Waals surface area contributed by atoms with Crippen LogP contribution >= 0.6 is 11.8 Å². The molecule has 16 heavy (non-hydrogen) atoms. The minimum absolute atomic E-state index is 0.163. The van der Waals surface area contributed by atoms with E-state index in [0.29, 0.717) is 0 Å². The predicted molar refractivity (Wildman–Crippen MR) is 73.9 cm³/mol. The quantitative estimate of drug-likeness (QED) is 0.605. The highest BCUT2D eigenvalue weighted by molar-refractivity contribution is 8.03. The van der Waals surface area contributed by atoms with Crippen LogP contribution in [0.15, 0.2) is 11.0 Å². The molecule has 2 aliphatic heterocycles. The summed E-state index contributed by atoms with van der Waals surface area (Å²) in [6, 6.07) is 0. The van der Waals surface area contributed by atoms with Gasteiger partial charge in [-0.2, -0.15) is 0 Å². The van der Waals surface area contributed by atoms with Crippen molar-refractivity contribution in [3.63, 3.8) is 0 Å². The molecule has 0 radical (unpaired) electrons. The van der Waals surface area contributed by atoms with Gasteiger partial charge in [0.15, 0.2) is 0 Å². The van der Waals surface area contributed by atoms with E-state index in [-0.39, 0.29) is 5.60 Å². The zero-order valence-electron chi connectivity index (χ0n) is 11.1. The van der Waals surface area contributed by atoms with Crippen molar-refractivity contribution in [1.82, 2.24) is 0 Å². The molecule has 94 valence electrons. The van der Waals surface area contributed by atoms with Crippen LogP contribution in [-0.4, -0.2) is 18.0 Å². The maximum atomic E-state index is 5.59. The molecule has 2 aliphatic rings. The Bertz CT molecular complexity index is 211. The second-order valence-corrected chi connectivity index (χ2v) is 6.57. The van der Waals surface area contributed by atoms with Crippen molar-refractivity contribution in [2.45, 2.75) is 64.9 Å². The summed E-state index contributed by atoms with van der Waals surface area (Å²) in [6.45, 7) is 7.51. The highest BCUT2D eigenvalue weighted by Gasteiger charge is 2.19. The summed E-state index contributed by atoms with van der Waals surface area (Å²) in [4.78, 5) is 1.51. The molecule has 0 aliphatic carbocycles. The van der Waals surface area contributed by atoms with E-state index in [4.69, 9.17) is 4.74 Å². The van der Waals surface area contributed by atoms with E-state index in [2.05, 4.69) is 26.8 Å². The van der Waals surface area contributed by atoms with E-state index in [1.54, 1.807) is 0 Å². The number of thioether (sulfide) groups is 1. The van der Waals surface area contributed by atoms with Crippen LogP contribution in [-0.2, 0) is 4.74 Å². The molecule has 0 aromatic carbocycles. The molecule has 2 heterocycles. The Labute approximate surface area is 105 Å². The predicted octanol–water partition coefficient (Wildman–Crippen LogP) is 4.77. The molecular weight excluding hydrogens is 216 g/mol. The fourth-order valence-corrected chi connectivity index (χ4v) is 2.80. The van der Waals surface area contributed by atoms with Crippen LogP contribution in [0.2, 0.25) is 0 Å². The van der Waals surface area contributed by atoms with Crippen LogP contribution in [0.4, 0.5) is 0 Å². The molecule has 0 aromatic heterocycles. The number of hydrogen-bond donors (Lipinski definition) is 0. The van der Waals surface area contributed by atoms with Crippen LogP contribution in [0, 0.1) is 0 Å². The summed E-state index contributed by atoms with van der Waals surface area (Å²) in [6.07, 6.45) is 10.2. The maximum Gasteiger partial charge on any atom is 0.0626 e. The van der Waals surface area contributed by atoms with E-state index in [0.717, 1.165) is 6.61 Å². The zero-order chi connectivity index (χ0) is 11.9. The van der Waals surface area contributed by atoms with Crippen LogP contribution in [0.3, 0.4) is 0 Å². The largest absolute Gasteiger partial charge is 0.376 e. The minimum Gasteiger partial charge on any atom is -0.376 e. The van der Waals surface area contributed by atoms with E-state index in [1.807, 2.05) is 11.8 Å². The van der Waals surface area contributed by atoms with E-state index < -0.39 is 0 Å². The van der Waals surface area contributed by atoms with Gasteiger partial charge in [-0.1, -0.05) is 18.9 Å². The summed E-state index contributed by atoms with van der Waals surface area (Å²) in [5.74, 6) is 1.34. The normalized spacial score (nSPS) is 24.8.